The minimum atomic E-state index is -0.699. The van der Waals surface area contributed by atoms with Crippen molar-refractivity contribution in [2.75, 3.05) is 0 Å². The number of carboxylic acids is 1. The Labute approximate surface area is 198 Å². The van der Waals surface area contributed by atoms with Crippen molar-refractivity contribution in [2.45, 2.75) is 119 Å². The van der Waals surface area contributed by atoms with Crippen molar-refractivity contribution in [1.29, 1.82) is 0 Å². The highest BCUT2D eigenvalue weighted by molar-refractivity contribution is 5.69. The molecule has 0 heterocycles. The van der Waals surface area contributed by atoms with Crippen LogP contribution in [0.3, 0.4) is 0 Å². The largest absolute Gasteiger partial charge is 0.481 e. The third-order valence-corrected chi connectivity index (χ3v) is 8.40. The summed E-state index contributed by atoms with van der Waals surface area (Å²) in [6.45, 7) is 15.5. The maximum Gasteiger partial charge on any atom is 0.306 e. The number of allylic oxidation sites excluding steroid dienone is 4. The molecule has 2 N–H and O–H groups in total. The van der Waals surface area contributed by atoms with Crippen molar-refractivity contribution in [3.63, 3.8) is 0 Å². The summed E-state index contributed by atoms with van der Waals surface area (Å²) in [5.41, 5.74) is 2.86. The lowest BCUT2D eigenvalue weighted by atomic mass is 9.66. The molecule has 1 rings (SSSR count). The highest BCUT2D eigenvalue weighted by Gasteiger charge is 2.36. The summed E-state index contributed by atoms with van der Waals surface area (Å²) >= 11 is 0. The van der Waals surface area contributed by atoms with Crippen LogP contribution in [0, 0.1) is 35.5 Å². The van der Waals surface area contributed by atoms with Gasteiger partial charge < -0.3 is 10.2 Å². The van der Waals surface area contributed by atoms with Gasteiger partial charge in [0.15, 0.2) is 0 Å². The van der Waals surface area contributed by atoms with E-state index in [4.69, 9.17) is 5.11 Å². The van der Waals surface area contributed by atoms with Gasteiger partial charge in [-0.25, -0.2) is 0 Å². The Bertz CT molecular complexity index is 606. The average molecular weight is 449 g/mol. The maximum atomic E-state index is 10.9. The molecule has 0 saturated heterocycles. The van der Waals surface area contributed by atoms with Gasteiger partial charge in [0.2, 0.25) is 0 Å². The summed E-state index contributed by atoms with van der Waals surface area (Å²) in [6.07, 6.45) is 15.5. The van der Waals surface area contributed by atoms with E-state index in [2.05, 4.69) is 53.7 Å². The van der Waals surface area contributed by atoms with Crippen LogP contribution in [-0.2, 0) is 4.79 Å². The SMILES string of the molecule is C/C(=C\CCC(C)C(=O)O)CC/C=C(\C)CCCC(C)CCC1CC(O)C(C)C(C)C1C. The van der Waals surface area contributed by atoms with E-state index in [0.29, 0.717) is 17.8 Å². The van der Waals surface area contributed by atoms with Crippen LogP contribution in [0.4, 0.5) is 0 Å². The maximum absolute atomic E-state index is 10.9. The first-order chi connectivity index (χ1) is 15.0. The highest BCUT2D eigenvalue weighted by Crippen LogP contribution is 2.41. The Morgan fingerprint density at radius 2 is 1.53 bits per heavy atom. The molecule has 0 aromatic heterocycles. The molecular weight excluding hydrogens is 396 g/mol. The molecule has 0 amide bonds. The number of rotatable bonds is 14. The van der Waals surface area contributed by atoms with E-state index in [0.717, 1.165) is 43.9 Å². The third-order valence-electron chi connectivity index (χ3n) is 8.40. The molecule has 0 spiro atoms. The number of hydrogen-bond donors (Lipinski definition) is 2. The second-order valence-corrected chi connectivity index (χ2v) is 11.2. The molecule has 0 bridgehead atoms. The van der Waals surface area contributed by atoms with Crippen LogP contribution < -0.4 is 0 Å². The lowest BCUT2D eigenvalue weighted by Gasteiger charge is -2.42. The van der Waals surface area contributed by atoms with Crippen LogP contribution in [-0.4, -0.2) is 22.3 Å². The van der Waals surface area contributed by atoms with E-state index in [1.54, 1.807) is 6.92 Å². The normalized spacial score (nSPS) is 29.1. The van der Waals surface area contributed by atoms with Gasteiger partial charge in [0.05, 0.1) is 12.0 Å². The zero-order valence-electron chi connectivity index (χ0n) is 22.1. The van der Waals surface area contributed by atoms with Crippen molar-refractivity contribution in [3.05, 3.63) is 23.3 Å². The van der Waals surface area contributed by atoms with Gasteiger partial charge in [-0.1, -0.05) is 70.8 Å². The van der Waals surface area contributed by atoms with Crippen LogP contribution in [0.25, 0.3) is 0 Å². The molecule has 1 aliphatic carbocycles. The fourth-order valence-electron chi connectivity index (χ4n) is 5.20. The first-order valence-corrected chi connectivity index (χ1v) is 13.2. The second kappa shape index (κ2) is 14.9. The van der Waals surface area contributed by atoms with Gasteiger partial charge in [0.25, 0.3) is 0 Å². The molecule has 32 heavy (non-hydrogen) atoms. The fraction of sp³-hybridized carbons (Fsp3) is 0.828. The van der Waals surface area contributed by atoms with E-state index in [9.17, 15) is 9.90 Å². The molecule has 186 valence electrons. The molecule has 1 saturated carbocycles. The van der Waals surface area contributed by atoms with Crippen LogP contribution in [0.2, 0.25) is 0 Å². The molecule has 7 unspecified atom stereocenters. The number of aliphatic carboxylic acids is 1. The van der Waals surface area contributed by atoms with Crippen molar-refractivity contribution in [1.82, 2.24) is 0 Å². The molecule has 0 aromatic carbocycles. The van der Waals surface area contributed by atoms with Gasteiger partial charge in [-0.3, -0.25) is 4.79 Å². The quantitative estimate of drug-likeness (QED) is 0.264. The molecule has 0 radical (unpaired) electrons. The Balaban J connectivity index is 2.21. The fourth-order valence-corrected chi connectivity index (χ4v) is 5.20. The smallest absolute Gasteiger partial charge is 0.306 e. The van der Waals surface area contributed by atoms with Gasteiger partial charge >= 0.3 is 5.97 Å². The Morgan fingerprint density at radius 3 is 2.19 bits per heavy atom. The molecule has 1 aliphatic rings. The second-order valence-electron chi connectivity index (χ2n) is 11.2. The molecule has 7 atom stereocenters. The van der Waals surface area contributed by atoms with E-state index in [1.165, 1.54) is 43.3 Å². The first kappa shape index (κ1) is 28.9. The van der Waals surface area contributed by atoms with E-state index < -0.39 is 5.97 Å². The highest BCUT2D eigenvalue weighted by atomic mass is 16.4. The van der Waals surface area contributed by atoms with Crippen LogP contribution in [0.1, 0.15) is 113 Å². The molecular formula is C29H52O3. The molecule has 3 nitrogen and oxygen atoms in total. The van der Waals surface area contributed by atoms with E-state index in [-0.39, 0.29) is 12.0 Å². The first-order valence-electron chi connectivity index (χ1n) is 13.2. The molecule has 1 fully saturated rings. The zero-order chi connectivity index (χ0) is 24.3. The summed E-state index contributed by atoms with van der Waals surface area (Å²) < 4.78 is 0. The van der Waals surface area contributed by atoms with Crippen LogP contribution in [0.15, 0.2) is 23.3 Å². The van der Waals surface area contributed by atoms with Crippen LogP contribution in [0.5, 0.6) is 0 Å². The van der Waals surface area contributed by atoms with Gasteiger partial charge in [0, 0.05) is 0 Å². The number of aliphatic hydroxyl groups is 1. The van der Waals surface area contributed by atoms with Gasteiger partial charge in [-0.2, -0.15) is 0 Å². The number of hydrogen-bond acceptors (Lipinski definition) is 2. The number of carbonyl (C=O) groups is 1. The summed E-state index contributed by atoms with van der Waals surface area (Å²) in [5.74, 6) is 2.28. The Morgan fingerprint density at radius 1 is 0.906 bits per heavy atom. The third kappa shape index (κ3) is 10.7. The van der Waals surface area contributed by atoms with Gasteiger partial charge in [-0.15, -0.1) is 0 Å². The number of aliphatic hydroxyl groups excluding tert-OH is 1. The van der Waals surface area contributed by atoms with Crippen molar-refractivity contribution >= 4 is 5.97 Å². The topological polar surface area (TPSA) is 57.5 Å². The van der Waals surface area contributed by atoms with E-state index in [1.807, 2.05) is 0 Å². The monoisotopic (exact) mass is 448 g/mol. The summed E-state index contributed by atoms with van der Waals surface area (Å²) in [5, 5.41) is 19.3. The predicted octanol–water partition coefficient (Wildman–Crippen LogP) is 8.04. The predicted molar refractivity (Wildman–Crippen MR) is 137 cm³/mol. The summed E-state index contributed by atoms with van der Waals surface area (Å²) in [6, 6.07) is 0. The summed E-state index contributed by atoms with van der Waals surface area (Å²) in [7, 11) is 0. The standard InChI is InChI=1S/C29H52O3/c1-20(11-8-12-21(2)15-10-16-23(4)29(31)32)13-9-14-22(3)17-18-27-19-28(30)26(7)24(5)25(27)6/h11,15,22-28,30H,8-10,12-14,16-19H2,1-7H3,(H,31,32)/b20-11+,21-15+. The summed E-state index contributed by atoms with van der Waals surface area (Å²) in [4.78, 5) is 10.9. The minimum Gasteiger partial charge on any atom is -0.481 e. The lowest BCUT2D eigenvalue weighted by Crippen LogP contribution is -2.39. The van der Waals surface area contributed by atoms with Gasteiger partial charge in [0.1, 0.15) is 0 Å². The minimum absolute atomic E-state index is 0.110. The van der Waals surface area contributed by atoms with Crippen LogP contribution >= 0.6 is 0 Å². The number of carboxylic acid groups (broad SMARTS) is 1. The van der Waals surface area contributed by atoms with Crippen molar-refractivity contribution in [3.8, 4) is 0 Å². The average Bonchev–Trinajstić information content (AvgIpc) is 2.73. The van der Waals surface area contributed by atoms with Crippen molar-refractivity contribution < 1.29 is 15.0 Å². The lowest BCUT2D eigenvalue weighted by molar-refractivity contribution is -0.141. The molecule has 0 aliphatic heterocycles. The molecule has 0 aromatic rings. The molecule has 3 heteroatoms. The van der Waals surface area contributed by atoms with Gasteiger partial charge in [-0.05, 0) is 94.8 Å². The van der Waals surface area contributed by atoms with Crippen molar-refractivity contribution in [2.24, 2.45) is 35.5 Å². The Hall–Kier alpha value is -1.09. The Kier molecular flexibility index (Phi) is 13.5. The zero-order valence-corrected chi connectivity index (χ0v) is 22.1. The van der Waals surface area contributed by atoms with E-state index >= 15 is 0 Å².